The molecule has 5 nitrogen and oxygen atoms in total. The lowest BCUT2D eigenvalue weighted by molar-refractivity contribution is 0.208. The van der Waals surface area contributed by atoms with Gasteiger partial charge in [-0.3, -0.25) is 4.99 Å². The van der Waals surface area contributed by atoms with Crippen molar-refractivity contribution in [3.63, 3.8) is 0 Å². The Bertz CT molecular complexity index is 360. The van der Waals surface area contributed by atoms with Crippen molar-refractivity contribution in [1.29, 1.82) is 0 Å². The van der Waals surface area contributed by atoms with E-state index in [2.05, 4.69) is 45.9 Å². The van der Waals surface area contributed by atoms with Gasteiger partial charge in [0.25, 0.3) is 0 Å². The molecule has 2 saturated heterocycles. The van der Waals surface area contributed by atoms with E-state index in [9.17, 15) is 0 Å². The van der Waals surface area contributed by atoms with E-state index in [1.807, 2.05) is 7.05 Å². The monoisotopic (exact) mass is 323 g/mol. The fourth-order valence-electron chi connectivity index (χ4n) is 3.99. The van der Waals surface area contributed by atoms with Crippen LogP contribution in [0.1, 0.15) is 33.1 Å². The molecular formula is C18H37N5. The van der Waals surface area contributed by atoms with Gasteiger partial charge in [0, 0.05) is 39.8 Å². The summed E-state index contributed by atoms with van der Waals surface area (Å²) in [7, 11) is 4.15. The largest absolute Gasteiger partial charge is 0.356 e. The number of hydrogen-bond acceptors (Lipinski definition) is 3. The van der Waals surface area contributed by atoms with Gasteiger partial charge in [0.2, 0.25) is 0 Å². The zero-order chi connectivity index (χ0) is 16.7. The molecule has 5 heteroatoms. The molecule has 0 saturated carbocycles. The zero-order valence-corrected chi connectivity index (χ0v) is 15.7. The van der Waals surface area contributed by atoms with Crippen LogP contribution in [0.25, 0.3) is 0 Å². The predicted octanol–water partition coefficient (Wildman–Crippen LogP) is 1.57. The zero-order valence-electron chi connectivity index (χ0n) is 15.7. The van der Waals surface area contributed by atoms with Gasteiger partial charge in [-0.15, -0.1) is 0 Å². The van der Waals surface area contributed by atoms with E-state index in [1.54, 1.807) is 0 Å². The van der Waals surface area contributed by atoms with Crippen molar-refractivity contribution in [2.75, 3.05) is 66.5 Å². The molecule has 0 amide bonds. The maximum absolute atomic E-state index is 4.50. The van der Waals surface area contributed by atoms with E-state index in [-0.39, 0.29) is 0 Å². The average molecular weight is 324 g/mol. The van der Waals surface area contributed by atoms with Crippen molar-refractivity contribution in [1.82, 2.24) is 20.0 Å². The van der Waals surface area contributed by atoms with Gasteiger partial charge in [0.15, 0.2) is 5.96 Å². The lowest BCUT2D eigenvalue weighted by Gasteiger charge is -2.37. The van der Waals surface area contributed by atoms with Crippen molar-refractivity contribution >= 4 is 5.96 Å². The van der Waals surface area contributed by atoms with Crippen molar-refractivity contribution in [2.45, 2.75) is 33.1 Å². The standard InChI is InChI=1S/C18H37N5/c1-16-13-17(2)15-23(14-16)18(19-3)20-7-5-9-22-10-6-8-21(4)11-12-22/h16-17H,5-15H2,1-4H3,(H,19,20). The average Bonchev–Trinajstić information content (AvgIpc) is 2.71. The Labute approximate surface area is 143 Å². The first-order valence-corrected chi connectivity index (χ1v) is 9.45. The van der Waals surface area contributed by atoms with Gasteiger partial charge >= 0.3 is 0 Å². The molecule has 134 valence electrons. The van der Waals surface area contributed by atoms with Crippen LogP contribution in [0.3, 0.4) is 0 Å². The van der Waals surface area contributed by atoms with E-state index < -0.39 is 0 Å². The quantitative estimate of drug-likeness (QED) is 0.484. The van der Waals surface area contributed by atoms with E-state index >= 15 is 0 Å². The minimum absolute atomic E-state index is 0.770. The molecule has 0 aromatic carbocycles. The van der Waals surface area contributed by atoms with Gasteiger partial charge in [-0.25, -0.2) is 0 Å². The Kier molecular flexibility index (Phi) is 7.63. The molecule has 1 N–H and O–H groups in total. The maximum Gasteiger partial charge on any atom is 0.193 e. The van der Waals surface area contributed by atoms with Crippen LogP contribution < -0.4 is 5.32 Å². The summed E-state index contributed by atoms with van der Waals surface area (Å²) in [6.45, 7) is 14.1. The Morgan fingerprint density at radius 3 is 2.52 bits per heavy atom. The van der Waals surface area contributed by atoms with Crippen molar-refractivity contribution < 1.29 is 0 Å². The van der Waals surface area contributed by atoms with Crippen LogP contribution in [0.4, 0.5) is 0 Å². The van der Waals surface area contributed by atoms with Crippen LogP contribution in [-0.2, 0) is 0 Å². The van der Waals surface area contributed by atoms with E-state index in [1.165, 1.54) is 52.0 Å². The highest BCUT2D eigenvalue weighted by Gasteiger charge is 2.23. The van der Waals surface area contributed by atoms with Crippen LogP contribution >= 0.6 is 0 Å². The Hall–Kier alpha value is -0.810. The summed E-state index contributed by atoms with van der Waals surface area (Å²) in [6.07, 6.45) is 3.84. The SMILES string of the molecule is CN=C(NCCCN1CCCN(C)CC1)N1CC(C)CC(C)C1. The number of likely N-dealkylation sites (N-methyl/N-ethyl adjacent to an activating group) is 1. The van der Waals surface area contributed by atoms with Gasteiger partial charge in [0.1, 0.15) is 0 Å². The summed E-state index contributed by atoms with van der Waals surface area (Å²) < 4.78 is 0. The summed E-state index contributed by atoms with van der Waals surface area (Å²) in [5.41, 5.74) is 0. The molecule has 2 fully saturated rings. The number of hydrogen-bond donors (Lipinski definition) is 1. The van der Waals surface area contributed by atoms with E-state index in [0.717, 1.165) is 37.4 Å². The number of rotatable bonds is 4. The van der Waals surface area contributed by atoms with Gasteiger partial charge in [-0.05, 0) is 57.8 Å². The molecule has 0 aliphatic carbocycles. The number of nitrogens with zero attached hydrogens (tertiary/aromatic N) is 4. The third-order valence-corrected chi connectivity index (χ3v) is 5.13. The molecule has 2 rings (SSSR count). The van der Waals surface area contributed by atoms with Crippen LogP contribution in [0, 0.1) is 11.8 Å². The topological polar surface area (TPSA) is 34.1 Å². The fourth-order valence-corrected chi connectivity index (χ4v) is 3.99. The van der Waals surface area contributed by atoms with E-state index in [0.29, 0.717) is 0 Å². The second kappa shape index (κ2) is 9.48. The highest BCUT2D eigenvalue weighted by Crippen LogP contribution is 2.20. The third kappa shape index (κ3) is 6.30. The highest BCUT2D eigenvalue weighted by atomic mass is 15.3. The third-order valence-electron chi connectivity index (χ3n) is 5.13. The molecule has 2 heterocycles. The lowest BCUT2D eigenvalue weighted by Crippen LogP contribution is -2.48. The van der Waals surface area contributed by atoms with E-state index in [4.69, 9.17) is 0 Å². The molecular weight excluding hydrogens is 286 g/mol. The molecule has 0 spiro atoms. The first-order valence-electron chi connectivity index (χ1n) is 9.45. The lowest BCUT2D eigenvalue weighted by atomic mass is 9.92. The molecule has 23 heavy (non-hydrogen) atoms. The number of likely N-dealkylation sites (tertiary alicyclic amines) is 1. The van der Waals surface area contributed by atoms with Crippen molar-refractivity contribution in [3.05, 3.63) is 0 Å². The minimum Gasteiger partial charge on any atom is -0.356 e. The highest BCUT2D eigenvalue weighted by molar-refractivity contribution is 5.79. The minimum atomic E-state index is 0.770. The van der Waals surface area contributed by atoms with Crippen molar-refractivity contribution in [2.24, 2.45) is 16.8 Å². The first-order chi connectivity index (χ1) is 11.1. The Morgan fingerprint density at radius 1 is 1.09 bits per heavy atom. The second-order valence-corrected chi connectivity index (χ2v) is 7.68. The normalized spacial score (nSPS) is 28.7. The molecule has 2 atom stereocenters. The van der Waals surface area contributed by atoms with Crippen LogP contribution in [0.15, 0.2) is 4.99 Å². The summed E-state index contributed by atoms with van der Waals surface area (Å²) in [4.78, 5) is 12.0. The predicted molar refractivity (Wildman–Crippen MR) is 99.1 cm³/mol. The molecule has 0 aromatic heterocycles. The number of piperidine rings is 1. The van der Waals surface area contributed by atoms with Gasteiger partial charge in [-0.1, -0.05) is 13.8 Å². The van der Waals surface area contributed by atoms with Crippen LogP contribution in [0.5, 0.6) is 0 Å². The summed E-state index contributed by atoms with van der Waals surface area (Å²) in [5.74, 6) is 2.64. The van der Waals surface area contributed by atoms with Crippen LogP contribution in [0.2, 0.25) is 0 Å². The number of aliphatic imine (C=N–C) groups is 1. The van der Waals surface area contributed by atoms with Gasteiger partial charge in [-0.2, -0.15) is 0 Å². The Balaban J connectivity index is 1.67. The molecule has 0 bridgehead atoms. The van der Waals surface area contributed by atoms with Crippen LogP contribution in [-0.4, -0.2) is 87.1 Å². The van der Waals surface area contributed by atoms with Gasteiger partial charge < -0.3 is 20.0 Å². The fraction of sp³-hybridized carbons (Fsp3) is 0.944. The molecule has 2 unspecified atom stereocenters. The smallest absolute Gasteiger partial charge is 0.193 e. The Morgan fingerprint density at radius 2 is 1.83 bits per heavy atom. The second-order valence-electron chi connectivity index (χ2n) is 7.68. The molecule has 0 aromatic rings. The molecule has 2 aliphatic heterocycles. The summed E-state index contributed by atoms with van der Waals surface area (Å²) >= 11 is 0. The van der Waals surface area contributed by atoms with Crippen molar-refractivity contribution in [3.8, 4) is 0 Å². The molecule has 2 aliphatic rings. The molecule has 0 radical (unpaired) electrons. The maximum atomic E-state index is 4.50. The summed E-state index contributed by atoms with van der Waals surface area (Å²) in [6, 6.07) is 0. The first kappa shape index (κ1) is 18.5. The van der Waals surface area contributed by atoms with Gasteiger partial charge in [0.05, 0.1) is 0 Å². The summed E-state index contributed by atoms with van der Waals surface area (Å²) in [5, 5.41) is 3.58. The number of nitrogens with one attached hydrogen (secondary N) is 1. The number of guanidine groups is 1.